The monoisotopic (exact) mass is 347 g/mol. The number of aromatic nitrogens is 1. The number of hydrogen-bond donors (Lipinski definition) is 3. The van der Waals surface area contributed by atoms with Gasteiger partial charge in [0.25, 0.3) is 10.0 Å². The number of benzene rings is 2. The van der Waals surface area contributed by atoms with Crippen molar-refractivity contribution in [2.24, 2.45) is 0 Å². The molecule has 0 aliphatic heterocycles. The second-order valence-corrected chi connectivity index (χ2v) is 6.77. The molecule has 6 nitrogen and oxygen atoms in total. The minimum Gasteiger partial charge on any atom is -0.361 e. The Hall–Kier alpha value is -2.71. The van der Waals surface area contributed by atoms with E-state index in [4.69, 9.17) is 0 Å². The molecule has 1 amide bonds. The highest BCUT2D eigenvalue weighted by Crippen LogP contribution is 2.18. The summed E-state index contributed by atoms with van der Waals surface area (Å²) < 4.78 is 37.6. The molecule has 0 radical (unpaired) electrons. The van der Waals surface area contributed by atoms with Crippen molar-refractivity contribution >= 4 is 26.8 Å². The maximum atomic E-state index is 13.6. The van der Waals surface area contributed by atoms with Gasteiger partial charge < -0.3 is 4.98 Å². The number of fused-ring (bicyclic) bond motifs is 1. The van der Waals surface area contributed by atoms with Crippen LogP contribution in [0, 0.1) is 5.82 Å². The summed E-state index contributed by atoms with van der Waals surface area (Å²) >= 11 is 0. The average Bonchev–Trinajstić information content (AvgIpc) is 2.97. The molecule has 0 aliphatic rings. The second kappa shape index (κ2) is 6.42. The van der Waals surface area contributed by atoms with Gasteiger partial charge in [-0.2, -0.15) is 0 Å². The van der Waals surface area contributed by atoms with Crippen LogP contribution in [0.2, 0.25) is 0 Å². The van der Waals surface area contributed by atoms with Gasteiger partial charge in [0.2, 0.25) is 5.91 Å². The molecule has 2 aromatic carbocycles. The first-order valence-corrected chi connectivity index (χ1v) is 8.56. The third kappa shape index (κ3) is 3.29. The topological polar surface area (TPSA) is 91.1 Å². The van der Waals surface area contributed by atoms with Gasteiger partial charge in [0.1, 0.15) is 10.7 Å². The highest BCUT2D eigenvalue weighted by atomic mass is 32.2. The van der Waals surface area contributed by atoms with E-state index in [0.717, 1.165) is 28.6 Å². The van der Waals surface area contributed by atoms with Gasteiger partial charge in [0, 0.05) is 17.1 Å². The molecule has 124 valence electrons. The number of carbonyl (C=O) groups is 1. The Balaban J connectivity index is 1.69. The van der Waals surface area contributed by atoms with Crippen molar-refractivity contribution in [1.29, 1.82) is 0 Å². The molecule has 8 heteroatoms. The summed E-state index contributed by atoms with van der Waals surface area (Å²) in [6.07, 6.45) is 1.67. The molecule has 0 fully saturated rings. The van der Waals surface area contributed by atoms with Crippen LogP contribution in [-0.2, 0) is 21.2 Å². The quantitative estimate of drug-likeness (QED) is 0.615. The molecule has 1 heterocycles. The van der Waals surface area contributed by atoms with Gasteiger partial charge in [0.15, 0.2) is 0 Å². The zero-order chi connectivity index (χ0) is 17.2. The van der Waals surface area contributed by atoms with Crippen LogP contribution < -0.4 is 10.3 Å². The highest BCUT2D eigenvalue weighted by Gasteiger charge is 2.19. The van der Waals surface area contributed by atoms with E-state index in [-0.39, 0.29) is 6.42 Å². The third-order valence-corrected chi connectivity index (χ3v) is 4.76. The number of sulfonamides is 1. The molecule has 24 heavy (non-hydrogen) atoms. The van der Waals surface area contributed by atoms with E-state index in [9.17, 15) is 17.6 Å². The number of amides is 1. The molecule has 3 aromatic rings. The van der Waals surface area contributed by atoms with Gasteiger partial charge in [-0.1, -0.05) is 30.3 Å². The van der Waals surface area contributed by atoms with Crippen molar-refractivity contribution in [3.05, 3.63) is 66.1 Å². The molecule has 0 bridgehead atoms. The Morgan fingerprint density at radius 3 is 2.58 bits per heavy atom. The molecule has 0 aliphatic carbocycles. The lowest BCUT2D eigenvalue weighted by Crippen LogP contribution is -2.42. The summed E-state index contributed by atoms with van der Waals surface area (Å²) in [5.41, 5.74) is 3.71. The predicted molar refractivity (Wildman–Crippen MR) is 86.9 cm³/mol. The molecule has 1 aromatic heterocycles. The minimum absolute atomic E-state index is 0.0240. The first kappa shape index (κ1) is 16.2. The Morgan fingerprint density at radius 1 is 1.08 bits per heavy atom. The average molecular weight is 347 g/mol. The number of carbonyl (C=O) groups excluding carboxylic acids is 1. The van der Waals surface area contributed by atoms with E-state index in [0.29, 0.717) is 0 Å². The fraction of sp³-hybridized carbons (Fsp3) is 0.0625. The number of hydrogen-bond acceptors (Lipinski definition) is 3. The van der Waals surface area contributed by atoms with E-state index >= 15 is 0 Å². The number of hydrazine groups is 1. The van der Waals surface area contributed by atoms with Crippen molar-refractivity contribution in [3.8, 4) is 0 Å². The van der Waals surface area contributed by atoms with Crippen molar-refractivity contribution in [2.75, 3.05) is 0 Å². The number of nitrogens with one attached hydrogen (secondary N) is 3. The van der Waals surface area contributed by atoms with Crippen LogP contribution in [0.25, 0.3) is 10.9 Å². The summed E-state index contributed by atoms with van der Waals surface area (Å²) in [6.45, 7) is 0. The van der Waals surface area contributed by atoms with Crippen LogP contribution in [0.1, 0.15) is 5.56 Å². The highest BCUT2D eigenvalue weighted by molar-refractivity contribution is 7.89. The Kier molecular flexibility index (Phi) is 4.32. The maximum Gasteiger partial charge on any atom is 0.260 e. The van der Waals surface area contributed by atoms with Gasteiger partial charge in [-0.25, -0.2) is 12.8 Å². The Bertz CT molecular complexity index is 998. The smallest absolute Gasteiger partial charge is 0.260 e. The fourth-order valence-corrected chi connectivity index (χ4v) is 3.28. The van der Waals surface area contributed by atoms with E-state index in [2.05, 4.69) is 10.4 Å². The van der Waals surface area contributed by atoms with E-state index in [1.54, 1.807) is 6.20 Å². The molecule has 0 saturated heterocycles. The van der Waals surface area contributed by atoms with Gasteiger partial charge in [0.05, 0.1) is 6.42 Å². The molecule has 0 unspecified atom stereocenters. The molecular weight excluding hydrogens is 333 g/mol. The van der Waals surface area contributed by atoms with Crippen LogP contribution in [0.4, 0.5) is 4.39 Å². The van der Waals surface area contributed by atoms with Crippen molar-refractivity contribution in [1.82, 2.24) is 15.2 Å². The van der Waals surface area contributed by atoms with Gasteiger partial charge in [-0.3, -0.25) is 10.2 Å². The van der Waals surface area contributed by atoms with Crippen molar-refractivity contribution < 1.29 is 17.6 Å². The number of rotatable bonds is 5. The van der Waals surface area contributed by atoms with Gasteiger partial charge in [-0.15, -0.1) is 4.83 Å². The Morgan fingerprint density at radius 2 is 1.79 bits per heavy atom. The summed E-state index contributed by atoms with van der Waals surface area (Å²) in [4.78, 5) is 16.4. The number of para-hydroxylation sites is 1. The zero-order valence-electron chi connectivity index (χ0n) is 12.4. The summed E-state index contributed by atoms with van der Waals surface area (Å²) in [5.74, 6) is -1.45. The number of aromatic amines is 1. The first-order chi connectivity index (χ1) is 11.5. The Labute approximate surface area is 137 Å². The summed E-state index contributed by atoms with van der Waals surface area (Å²) in [6, 6.07) is 12.4. The first-order valence-electron chi connectivity index (χ1n) is 7.07. The van der Waals surface area contributed by atoms with Gasteiger partial charge in [-0.05, 0) is 23.8 Å². The lowest BCUT2D eigenvalue weighted by molar-refractivity contribution is -0.120. The molecule has 3 rings (SSSR count). The van der Waals surface area contributed by atoms with Crippen LogP contribution in [0.15, 0.2) is 59.6 Å². The molecule has 3 N–H and O–H groups in total. The van der Waals surface area contributed by atoms with Crippen LogP contribution in [0.5, 0.6) is 0 Å². The minimum atomic E-state index is -4.17. The number of H-pyrrole nitrogens is 1. The predicted octanol–water partition coefficient (Wildman–Crippen LogP) is 1.86. The zero-order valence-corrected chi connectivity index (χ0v) is 13.2. The van der Waals surface area contributed by atoms with Crippen molar-refractivity contribution in [3.63, 3.8) is 0 Å². The maximum absolute atomic E-state index is 13.6. The lowest BCUT2D eigenvalue weighted by Gasteiger charge is -2.08. The molecule has 0 atom stereocenters. The summed E-state index contributed by atoms with van der Waals surface area (Å²) in [5, 5.41) is 0.879. The van der Waals surface area contributed by atoms with Gasteiger partial charge >= 0.3 is 0 Å². The summed E-state index contributed by atoms with van der Waals surface area (Å²) in [7, 11) is -4.17. The largest absolute Gasteiger partial charge is 0.361 e. The normalized spacial score (nSPS) is 11.5. The lowest BCUT2D eigenvalue weighted by atomic mass is 10.1. The van der Waals surface area contributed by atoms with Crippen LogP contribution >= 0.6 is 0 Å². The van der Waals surface area contributed by atoms with Crippen LogP contribution in [-0.4, -0.2) is 19.3 Å². The number of halogens is 1. The molecular formula is C16H14FN3O3S. The van der Waals surface area contributed by atoms with Crippen LogP contribution in [0.3, 0.4) is 0 Å². The van der Waals surface area contributed by atoms with E-state index in [1.807, 2.05) is 29.1 Å². The standard InChI is InChI=1S/C16H14FN3O3S/c17-13-6-2-4-8-15(13)24(22,23)20-19-16(21)9-11-10-18-14-7-3-1-5-12(11)14/h1-8,10,18,20H,9H2,(H,19,21). The SMILES string of the molecule is O=C(Cc1c[nH]c2ccccc12)NNS(=O)(=O)c1ccccc1F. The van der Waals surface area contributed by atoms with E-state index in [1.165, 1.54) is 12.1 Å². The molecule has 0 saturated carbocycles. The molecule has 0 spiro atoms. The van der Waals surface area contributed by atoms with E-state index < -0.39 is 26.6 Å². The second-order valence-electron chi connectivity index (χ2n) is 5.12. The fourth-order valence-electron chi connectivity index (χ4n) is 2.34. The third-order valence-electron chi connectivity index (χ3n) is 3.48. The van der Waals surface area contributed by atoms with Crippen molar-refractivity contribution in [2.45, 2.75) is 11.3 Å².